The fraction of sp³-hybridized carbons (Fsp3) is 0.941. The molecule has 0 radical (unpaired) electrons. The second kappa shape index (κ2) is 9.04. The summed E-state index contributed by atoms with van der Waals surface area (Å²) < 4.78 is 5.12. The molecule has 0 bridgehead atoms. The van der Waals surface area contributed by atoms with E-state index in [1.165, 1.54) is 7.11 Å². The van der Waals surface area contributed by atoms with Gasteiger partial charge >= 0.3 is 5.97 Å². The monoisotopic (exact) mass is 315 g/mol. The molecule has 124 valence electrons. The van der Waals surface area contributed by atoms with Gasteiger partial charge in [0.2, 0.25) is 0 Å². The summed E-state index contributed by atoms with van der Waals surface area (Å²) in [6.07, 6.45) is 5.34. The molecule has 0 amide bonds. The lowest BCUT2D eigenvalue weighted by Crippen LogP contribution is -2.55. The Bertz CT molecular complexity index is 322. The lowest BCUT2D eigenvalue weighted by Gasteiger charge is -2.34. The third-order valence-electron chi connectivity index (χ3n) is 4.85. The lowest BCUT2D eigenvalue weighted by molar-refractivity contribution is -0.150. The van der Waals surface area contributed by atoms with E-state index in [9.17, 15) is 4.79 Å². The molecule has 3 nitrogen and oxygen atoms in total. The Labute approximate surface area is 135 Å². The van der Waals surface area contributed by atoms with Crippen LogP contribution in [0, 0.1) is 11.8 Å². The van der Waals surface area contributed by atoms with Crippen molar-refractivity contribution in [2.24, 2.45) is 11.8 Å². The number of ether oxygens (including phenoxy) is 1. The molecule has 21 heavy (non-hydrogen) atoms. The maximum absolute atomic E-state index is 12.4. The number of hydrogen-bond acceptors (Lipinski definition) is 4. The summed E-state index contributed by atoms with van der Waals surface area (Å²) in [7, 11) is 1.52. The molecule has 0 spiro atoms. The van der Waals surface area contributed by atoms with Crippen molar-refractivity contribution in [3.8, 4) is 0 Å². The smallest absolute Gasteiger partial charge is 0.326 e. The molecule has 1 N–H and O–H groups in total. The van der Waals surface area contributed by atoms with Crippen LogP contribution in [0.1, 0.15) is 59.8 Å². The van der Waals surface area contributed by atoms with Crippen molar-refractivity contribution in [3.63, 3.8) is 0 Å². The Morgan fingerprint density at radius 3 is 2.71 bits per heavy atom. The van der Waals surface area contributed by atoms with Crippen molar-refractivity contribution in [1.29, 1.82) is 0 Å². The average molecular weight is 316 g/mol. The molecular formula is C17H33NO2S. The van der Waals surface area contributed by atoms with Crippen LogP contribution in [0.25, 0.3) is 0 Å². The predicted octanol–water partition coefficient (Wildman–Crippen LogP) is 3.87. The molecule has 1 saturated carbocycles. The zero-order chi connectivity index (χ0) is 15.9. The van der Waals surface area contributed by atoms with E-state index in [1.807, 2.05) is 11.8 Å². The molecule has 1 aliphatic carbocycles. The van der Waals surface area contributed by atoms with Gasteiger partial charge in [-0.3, -0.25) is 4.79 Å². The molecule has 0 aliphatic heterocycles. The van der Waals surface area contributed by atoms with Crippen LogP contribution in [0.4, 0.5) is 0 Å². The van der Waals surface area contributed by atoms with Crippen molar-refractivity contribution >= 4 is 17.7 Å². The standard InChI is InChI=1S/C17H33NO2S/c1-6-11-18-17(16(19)20-5)10-7-8-15(17)9-12-21-14(4)13(2)3/h13-15,18H,6-12H2,1-5H3. The Hall–Kier alpha value is -0.220. The molecule has 0 heterocycles. The van der Waals surface area contributed by atoms with Gasteiger partial charge in [0.15, 0.2) is 0 Å². The predicted molar refractivity (Wildman–Crippen MR) is 91.8 cm³/mol. The fourth-order valence-corrected chi connectivity index (χ4v) is 4.34. The van der Waals surface area contributed by atoms with E-state index < -0.39 is 5.54 Å². The normalized spacial score (nSPS) is 27.0. The van der Waals surface area contributed by atoms with Crippen LogP contribution in [0.2, 0.25) is 0 Å². The van der Waals surface area contributed by atoms with Crippen molar-refractivity contribution < 1.29 is 9.53 Å². The summed E-state index contributed by atoms with van der Waals surface area (Å²) in [5, 5.41) is 4.21. The molecule has 3 unspecified atom stereocenters. The van der Waals surface area contributed by atoms with Crippen LogP contribution < -0.4 is 5.32 Å². The number of esters is 1. The van der Waals surface area contributed by atoms with E-state index in [-0.39, 0.29) is 5.97 Å². The van der Waals surface area contributed by atoms with Crippen LogP contribution >= 0.6 is 11.8 Å². The van der Waals surface area contributed by atoms with Gasteiger partial charge in [0.05, 0.1) is 7.11 Å². The lowest BCUT2D eigenvalue weighted by atomic mass is 9.85. The van der Waals surface area contributed by atoms with Gasteiger partial charge in [0, 0.05) is 5.25 Å². The second-order valence-electron chi connectivity index (χ2n) is 6.59. The van der Waals surface area contributed by atoms with Gasteiger partial charge in [-0.15, -0.1) is 0 Å². The zero-order valence-electron chi connectivity index (χ0n) is 14.4. The third-order valence-corrected chi connectivity index (χ3v) is 6.39. The van der Waals surface area contributed by atoms with Crippen LogP contribution in [-0.4, -0.2) is 36.2 Å². The summed E-state index contributed by atoms with van der Waals surface area (Å²) in [6, 6.07) is 0. The number of hydrogen-bond donors (Lipinski definition) is 1. The SMILES string of the molecule is CCCNC1(C(=O)OC)CCCC1CCSC(C)C(C)C. The first kappa shape index (κ1) is 18.8. The van der Waals surface area contributed by atoms with Crippen LogP contribution in [0.5, 0.6) is 0 Å². The van der Waals surface area contributed by atoms with Gasteiger partial charge in [0.25, 0.3) is 0 Å². The van der Waals surface area contributed by atoms with Crippen LogP contribution in [0.3, 0.4) is 0 Å². The number of thioether (sulfide) groups is 1. The van der Waals surface area contributed by atoms with E-state index in [0.29, 0.717) is 17.1 Å². The van der Waals surface area contributed by atoms with Crippen LogP contribution in [0.15, 0.2) is 0 Å². The highest BCUT2D eigenvalue weighted by Crippen LogP contribution is 2.40. The molecular weight excluding hydrogens is 282 g/mol. The van der Waals surface area contributed by atoms with Crippen molar-refractivity contribution in [2.45, 2.75) is 70.6 Å². The molecule has 0 aromatic carbocycles. The number of carbonyl (C=O) groups is 1. The van der Waals surface area contributed by atoms with Gasteiger partial charge in [-0.05, 0) is 49.8 Å². The number of rotatable bonds is 9. The van der Waals surface area contributed by atoms with Gasteiger partial charge in [-0.25, -0.2) is 0 Å². The van der Waals surface area contributed by atoms with E-state index >= 15 is 0 Å². The summed E-state index contributed by atoms with van der Waals surface area (Å²) in [5.41, 5.74) is -0.424. The molecule has 1 rings (SSSR count). The van der Waals surface area contributed by atoms with E-state index in [2.05, 4.69) is 33.0 Å². The maximum atomic E-state index is 12.4. The highest BCUT2D eigenvalue weighted by atomic mass is 32.2. The Morgan fingerprint density at radius 1 is 1.43 bits per heavy atom. The summed E-state index contributed by atoms with van der Waals surface area (Å²) in [5.74, 6) is 2.21. The van der Waals surface area contributed by atoms with Crippen molar-refractivity contribution in [3.05, 3.63) is 0 Å². The Morgan fingerprint density at radius 2 is 2.14 bits per heavy atom. The molecule has 0 aromatic rings. The van der Waals surface area contributed by atoms with Gasteiger partial charge in [-0.1, -0.05) is 34.1 Å². The molecule has 1 fully saturated rings. The molecule has 1 aliphatic rings. The van der Waals surface area contributed by atoms with Gasteiger partial charge in [0.1, 0.15) is 5.54 Å². The molecule has 3 atom stereocenters. The first-order chi connectivity index (χ1) is 9.97. The summed E-state index contributed by atoms with van der Waals surface area (Å²) in [4.78, 5) is 12.4. The third kappa shape index (κ3) is 4.88. The zero-order valence-corrected chi connectivity index (χ0v) is 15.2. The highest BCUT2D eigenvalue weighted by Gasteiger charge is 2.49. The first-order valence-electron chi connectivity index (χ1n) is 8.43. The van der Waals surface area contributed by atoms with Gasteiger partial charge < -0.3 is 10.1 Å². The van der Waals surface area contributed by atoms with E-state index in [4.69, 9.17) is 4.74 Å². The summed E-state index contributed by atoms with van der Waals surface area (Å²) in [6.45, 7) is 9.87. The first-order valence-corrected chi connectivity index (χ1v) is 9.47. The summed E-state index contributed by atoms with van der Waals surface area (Å²) >= 11 is 2.04. The Kier molecular flexibility index (Phi) is 8.10. The number of carbonyl (C=O) groups excluding carboxylic acids is 1. The topological polar surface area (TPSA) is 38.3 Å². The van der Waals surface area contributed by atoms with Crippen molar-refractivity contribution in [1.82, 2.24) is 5.32 Å². The minimum Gasteiger partial charge on any atom is -0.468 e. The van der Waals surface area contributed by atoms with Crippen LogP contribution in [-0.2, 0) is 9.53 Å². The molecule has 0 aromatic heterocycles. The maximum Gasteiger partial charge on any atom is 0.326 e. The van der Waals surface area contributed by atoms with Crippen molar-refractivity contribution in [2.75, 3.05) is 19.4 Å². The molecule has 0 saturated heterocycles. The quantitative estimate of drug-likeness (QED) is 0.656. The van der Waals surface area contributed by atoms with E-state index in [0.717, 1.165) is 44.4 Å². The fourth-order valence-electron chi connectivity index (χ4n) is 3.16. The molecule has 4 heteroatoms. The largest absolute Gasteiger partial charge is 0.468 e. The van der Waals surface area contributed by atoms with Gasteiger partial charge in [-0.2, -0.15) is 11.8 Å². The average Bonchev–Trinajstić information content (AvgIpc) is 2.88. The van der Waals surface area contributed by atoms with E-state index in [1.54, 1.807) is 0 Å². The minimum atomic E-state index is -0.424. The minimum absolute atomic E-state index is 0.0552. The number of nitrogens with one attached hydrogen (secondary N) is 1. The highest BCUT2D eigenvalue weighted by molar-refractivity contribution is 7.99. The number of methoxy groups -OCH3 is 1. The second-order valence-corrected chi connectivity index (χ2v) is 8.07. The Balaban J connectivity index is 2.62.